The topological polar surface area (TPSA) is 79.1 Å². The van der Waals surface area contributed by atoms with Gasteiger partial charge in [0.2, 0.25) is 5.69 Å². The maximum absolute atomic E-state index is 5.88. The number of anilines is 1. The van der Waals surface area contributed by atoms with Crippen LogP contribution < -0.4 is 10.5 Å². The van der Waals surface area contributed by atoms with Gasteiger partial charge < -0.3 is 14.9 Å². The van der Waals surface area contributed by atoms with Gasteiger partial charge >= 0.3 is 0 Å². The van der Waals surface area contributed by atoms with Crippen LogP contribution in [0.25, 0.3) is 23.7 Å². The molecule has 1 aliphatic rings. The van der Waals surface area contributed by atoms with Gasteiger partial charge in [0.25, 0.3) is 11.7 Å². The number of methoxy groups -OCH3 is 1. The Labute approximate surface area is 138 Å². The average Bonchev–Trinajstić information content (AvgIpc) is 3.18. The van der Waals surface area contributed by atoms with Crippen molar-refractivity contribution in [1.29, 1.82) is 0 Å². The van der Waals surface area contributed by atoms with Crippen LogP contribution in [0.2, 0.25) is 0 Å². The van der Waals surface area contributed by atoms with Crippen LogP contribution in [-0.4, -0.2) is 21.9 Å². The molecule has 0 saturated heterocycles. The zero-order valence-corrected chi connectivity index (χ0v) is 13.1. The fraction of sp³-hybridized carbons (Fsp3) is 0.111. The first-order chi connectivity index (χ1) is 11.7. The van der Waals surface area contributed by atoms with Gasteiger partial charge in [-0.25, -0.2) is 0 Å². The number of hydrogen-bond donors (Lipinski definition) is 1. The van der Waals surface area contributed by atoms with Crippen molar-refractivity contribution in [3.63, 3.8) is 0 Å². The third-order valence-electron chi connectivity index (χ3n) is 3.74. The number of nitrogens with zero attached hydrogens (tertiary/aromatic N) is 3. The molecule has 0 fully saturated rings. The third-order valence-corrected chi connectivity index (χ3v) is 3.74. The first-order valence-electron chi connectivity index (χ1n) is 7.46. The van der Waals surface area contributed by atoms with Crippen LogP contribution in [0.5, 0.6) is 5.75 Å². The normalized spacial score (nSPS) is 12.0. The van der Waals surface area contributed by atoms with Crippen LogP contribution in [0.4, 0.5) is 5.82 Å². The van der Waals surface area contributed by atoms with Gasteiger partial charge in [0.15, 0.2) is 0 Å². The van der Waals surface area contributed by atoms with Crippen molar-refractivity contribution >= 4 is 18.0 Å². The summed E-state index contributed by atoms with van der Waals surface area (Å²) in [5, 5.41) is 4.35. The third kappa shape index (κ3) is 2.55. The lowest BCUT2D eigenvalue weighted by atomic mass is 10.2. The van der Waals surface area contributed by atoms with Crippen molar-refractivity contribution in [2.75, 3.05) is 12.8 Å². The smallest absolute Gasteiger partial charge is 0.267 e. The molecule has 0 radical (unpaired) electrons. The molecule has 1 aliphatic carbocycles. The molecule has 6 heteroatoms. The van der Waals surface area contributed by atoms with E-state index in [-0.39, 0.29) is 0 Å². The van der Waals surface area contributed by atoms with Gasteiger partial charge in [-0.15, -0.1) is 4.98 Å². The molecule has 2 aromatic heterocycles. The van der Waals surface area contributed by atoms with E-state index >= 15 is 0 Å². The highest BCUT2D eigenvalue weighted by Crippen LogP contribution is 2.27. The van der Waals surface area contributed by atoms with Crippen LogP contribution in [0.3, 0.4) is 0 Å². The van der Waals surface area contributed by atoms with Crippen LogP contribution >= 0.6 is 0 Å². The van der Waals surface area contributed by atoms with Gasteiger partial charge in [-0.2, -0.15) is 5.10 Å². The summed E-state index contributed by atoms with van der Waals surface area (Å²) in [6.45, 7) is 0.557. The van der Waals surface area contributed by atoms with Gasteiger partial charge in [0, 0.05) is 12.1 Å². The highest BCUT2D eigenvalue weighted by atomic mass is 16.5. The van der Waals surface area contributed by atoms with Gasteiger partial charge in [0.05, 0.1) is 19.7 Å². The average molecular weight is 319 g/mol. The van der Waals surface area contributed by atoms with Gasteiger partial charge in [-0.3, -0.25) is 4.68 Å². The van der Waals surface area contributed by atoms with E-state index in [1.165, 1.54) is 0 Å². The van der Waals surface area contributed by atoms with E-state index in [0.29, 0.717) is 24.0 Å². The van der Waals surface area contributed by atoms with Crippen LogP contribution in [0, 0.1) is 6.08 Å². The fourth-order valence-electron chi connectivity index (χ4n) is 2.56. The summed E-state index contributed by atoms with van der Waals surface area (Å²) < 4.78 is 12.8. The highest BCUT2D eigenvalue weighted by Gasteiger charge is 2.22. The second-order valence-corrected chi connectivity index (χ2v) is 5.37. The minimum atomic E-state index is 0.423. The summed E-state index contributed by atoms with van der Waals surface area (Å²) in [6.07, 6.45) is 8.40. The molecule has 4 rings (SSSR count). The molecule has 2 heterocycles. The van der Waals surface area contributed by atoms with E-state index in [2.05, 4.69) is 16.2 Å². The number of aromatic nitrogens is 3. The summed E-state index contributed by atoms with van der Waals surface area (Å²) in [7, 11) is 1.64. The molecule has 0 aliphatic heterocycles. The molecule has 3 aromatic rings. The number of ether oxygens (including phenoxy) is 1. The number of oxazole rings is 1. The van der Waals surface area contributed by atoms with Crippen LogP contribution in [0.15, 0.2) is 40.8 Å². The number of allylic oxidation sites excluding steroid dienone is 2. The molecule has 0 atom stereocenters. The quantitative estimate of drug-likeness (QED) is 0.748. The molecular formula is C18H15N4O2+. The standard InChI is InChI=1S/C18H15N4O2/c1-23-13-8-6-12(7-9-13)11-22-15(10-17(19)21-22)18-20-14-4-2-3-5-16(14)24-18/h3-10H,11H2,1H3,(H2,19,21)/q+1. The molecule has 2 N–H and O–H groups in total. The molecule has 118 valence electrons. The van der Waals surface area contributed by atoms with Crippen molar-refractivity contribution in [2.24, 2.45) is 0 Å². The van der Waals surface area contributed by atoms with E-state index in [4.69, 9.17) is 14.9 Å². The summed E-state index contributed by atoms with van der Waals surface area (Å²) in [4.78, 5) is 4.49. The SMILES string of the molecule is COc1ccc(Cn2nc(N)cc2-c2nc3c(o2)C=C[C+]=C3)cc1. The first-order valence-corrected chi connectivity index (χ1v) is 7.46. The van der Waals surface area contributed by atoms with Gasteiger partial charge in [-0.05, 0) is 17.7 Å². The first kappa shape index (κ1) is 14.2. The summed E-state index contributed by atoms with van der Waals surface area (Å²) >= 11 is 0. The van der Waals surface area contributed by atoms with Crippen molar-refractivity contribution < 1.29 is 9.15 Å². The predicted molar refractivity (Wildman–Crippen MR) is 91.0 cm³/mol. The minimum Gasteiger partial charge on any atom is -0.497 e. The Bertz CT molecular complexity index is 903. The Kier molecular flexibility index (Phi) is 3.37. The Morgan fingerprint density at radius 3 is 2.88 bits per heavy atom. The molecule has 0 amide bonds. The minimum absolute atomic E-state index is 0.423. The molecular weight excluding hydrogens is 304 g/mol. The number of hydrogen-bond acceptors (Lipinski definition) is 5. The number of fused-ring (bicyclic) bond motifs is 1. The maximum Gasteiger partial charge on any atom is 0.267 e. The number of nitrogen functional groups attached to an aromatic ring is 1. The lowest BCUT2D eigenvalue weighted by Crippen LogP contribution is -2.04. The fourth-order valence-corrected chi connectivity index (χ4v) is 2.56. The second kappa shape index (κ2) is 5.68. The predicted octanol–water partition coefficient (Wildman–Crippen LogP) is 3.02. The second-order valence-electron chi connectivity index (χ2n) is 5.37. The van der Waals surface area contributed by atoms with Crippen LogP contribution in [0.1, 0.15) is 17.0 Å². The van der Waals surface area contributed by atoms with Crippen molar-refractivity contribution in [1.82, 2.24) is 14.8 Å². The zero-order chi connectivity index (χ0) is 16.5. The molecule has 0 spiro atoms. The number of benzene rings is 1. The van der Waals surface area contributed by atoms with E-state index in [1.54, 1.807) is 30.0 Å². The van der Waals surface area contributed by atoms with Gasteiger partial charge in [0.1, 0.15) is 29.4 Å². The van der Waals surface area contributed by atoms with E-state index in [9.17, 15) is 0 Å². The lowest BCUT2D eigenvalue weighted by Gasteiger charge is -2.06. The molecule has 24 heavy (non-hydrogen) atoms. The van der Waals surface area contributed by atoms with E-state index in [1.807, 2.05) is 30.3 Å². The summed E-state index contributed by atoms with van der Waals surface area (Å²) in [6, 6.07) is 9.56. The Morgan fingerprint density at radius 1 is 1.29 bits per heavy atom. The molecule has 1 aromatic carbocycles. The molecule has 0 saturated carbocycles. The van der Waals surface area contributed by atoms with Gasteiger partial charge in [-0.1, -0.05) is 12.1 Å². The molecule has 0 bridgehead atoms. The zero-order valence-electron chi connectivity index (χ0n) is 13.1. The maximum atomic E-state index is 5.88. The van der Waals surface area contributed by atoms with Crippen LogP contribution in [-0.2, 0) is 6.54 Å². The number of rotatable bonds is 4. The Hall–Kier alpha value is -3.37. The van der Waals surface area contributed by atoms with E-state index in [0.717, 1.165) is 22.7 Å². The number of nitrogens with two attached hydrogens (primary N) is 1. The molecule has 0 unspecified atom stereocenters. The Morgan fingerprint density at radius 2 is 2.12 bits per heavy atom. The van der Waals surface area contributed by atoms with Crippen molar-refractivity contribution in [3.05, 3.63) is 59.5 Å². The Balaban J connectivity index is 1.68. The lowest BCUT2D eigenvalue weighted by molar-refractivity contribution is 0.414. The van der Waals surface area contributed by atoms with Crippen molar-refractivity contribution in [3.8, 4) is 17.3 Å². The highest BCUT2D eigenvalue weighted by molar-refractivity contribution is 5.67. The monoisotopic (exact) mass is 319 g/mol. The van der Waals surface area contributed by atoms with Crippen molar-refractivity contribution in [2.45, 2.75) is 6.54 Å². The summed E-state index contributed by atoms with van der Waals surface area (Å²) in [5.41, 5.74) is 8.45. The largest absolute Gasteiger partial charge is 0.497 e. The van der Waals surface area contributed by atoms with E-state index < -0.39 is 0 Å². The summed E-state index contributed by atoms with van der Waals surface area (Å²) in [5.74, 6) is 2.43. The molecule has 6 nitrogen and oxygen atoms in total.